The topological polar surface area (TPSA) is 84.4 Å². The van der Waals surface area contributed by atoms with Crippen LogP contribution in [-0.2, 0) is 0 Å². The number of para-hydroxylation sites is 2. The molecule has 8 nitrogen and oxygen atoms in total. The number of hydrogen-bond donors (Lipinski definition) is 2. The van der Waals surface area contributed by atoms with Gasteiger partial charge in [-0.05, 0) is 38.1 Å². The fraction of sp³-hybridized carbons (Fsp3) is 0.231. The minimum atomic E-state index is 0.167. The van der Waals surface area contributed by atoms with E-state index < -0.39 is 0 Å². The average Bonchev–Trinajstić information content (AvgIpc) is 3.66. The predicted molar refractivity (Wildman–Crippen MR) is 133 cm³/mol. The summed E-state index contributed by atoms with van der Waals surface area (Å²) in [5.41, 5.74) is 15.2. The fourth-order valence-corrected chi connectivity index (χ4v) is 4.77. The summed E-state index contributed by atoms with van der Waals surface area (Å²) >= 11 is 0. The van der Waals surface area contributed by atoms with Crippen molar-refractivity contribution in [3.8, 4) is 11.4 Å². The Labute approximate surface area is 198 Å². The first-order valence-electron chi connectivity index (χ1n) is 11.5. The van der Waals surface area contributed by atoms with E-state index in [-0.39, 0.29) is 12.1 Å². The van der Waals surface area contributed by atoms with Gasteiger partial charge in [-0.3, -0.25) is 0 Å². The average molecular weight is 451 g/mol. The van der Waals surface area contributed by atoms with Crippen molar-refractivity contribution in [3.05, 3.63) is 95.6 Å². The lowest BCUT2D eigenvalue weighted by Gasteiger charge is -2.17. The Balaban J connectivity index is 1.14. The molecule has 0 amide bonds. The molecule has 2 aliphatic rings. The molecule has 2 unspecified atom stereocenters. The molecule has 2 aromatic heterocycles. The maximum absolute atomic E-state index is 4.66. The van der Waals surface area contributed by atoms with Gasteiger partial charge in [-0.2, -0.15) is 20.4 Å². The van der Waals surface area contributed by atoms with Gasteiger partial charge < -0.3 is 10.9 Å². The number of benzene rings is 2. The second-order valence-electron chi connectivity index (χ2n) is 8.78. The Morgan fingerprint density at radius 3 is 1.47 bits per heavy atom. The Morgan fingerprint density at radius 2 is 1.06 bits per heavy atom. The predicted octanol–water partition coefficient (Wildman–Crippen LogP) is 3.51. The highest BCUT2D eigenvalue weighted by molar-refractivity contribution is 6.04. The zero-order chi connectivity index (χ0) is 23.1. The van der Waals surface area contributed by atoms with Gasteiger partial charge in [0.2, 0.25) is 0 Å². The van der Waals surface area contributed by atoms with Gasteiger partial charge in [0.25, 0.3) is 0 Å². The second kappa shape index (κ2) is 8.30. The van der Waals surface area contributed by atoms with E-state index in [1.807, 2.05) is 58.2 Å². The van der Waals surface area contributed by atoms with Crippen LogP contribution in [0.4, 0.5) is 0 Å². The van der Waals surface area contributed by atoms with Crippen molar-refractivity contribution in [2.24, 2.45) is 10.2 Å². The minimum absolute atomic E-state index is 0.167. The summed E-state index contributed by atoms with van der Waals surface area (Å²) in [7, 11) is 0. The van der Waals surface area contributed by atoms with E-state index in [0.717, 1.165) is 58.2 Å². The molecular weight excluding hydrogens is 424 g/mol. The van der Waals surface area contributed by atoms with Crippen LogP contribution >= 0.6 is 0 Å². The number of hydrazone groups is 2. The van der Waals surface area contributed by atoms with Gasteiger partial charge in [-0.15, -0.1) is 0 Å². The van der Waals surface area contributed by atoms with E-state index in [1.165, 1.54) is 0 Å². The molecule has 0 radical (unpaired) electrons. The first kappa shape index (κ1) is 20.4. The molecule has 6 rings (SSSR count). The minimum Gasteiger partial charge on any atom is -0.304 e. The molecule has 2 aliphatic heterocycles. The lowest BCUT2D eigenvalue weighted by atomic mass is 9.96. The Hall–Kier alpha value is -4.20. The van der Waals surface area contributed by atoms with E-state index in [4.69, 9.17) is 0 Å². The van der Waals surface area contributed by atoms with Crippen LogP contribution in [-0.4, -0.2) is 43.1 Å². The highest BCUT2D eigenvalue weighted by atomic mass is 15.4. The van der Waals surface area contributed by atoms with Crippen LogP contribution in [0.3, 0.4) is 0 Å². The Kier molecular flexibility index (Phi) is 4.98. The summed E-state index contributed by atoms with van der Waals surface area (Å²) in [6.07, 6.45) is 5.47. The molecule has 0 saturated heterocycles. The summed E-state index contributed by atoms with van der Waals surface area (Å²) in [6.45, 7) is 4.18. The van der Waals surface area contributed by atoms with Gasteiger partial charge in [-0.1, -0.05) is 36.4 Å². The van der Waals surface area contributed by atoms with Crippen molar-refractivity contribution < 1.29 is 0 Å². The van der Waals surface area contributed by atoms with Gasteiger partial charge in [0, 0.05) is 24.0 Å². The summed E-state index contributed by atoms with van der Waals surface area (Å²) in [5.74, 6) is 0. The van der Waals surface area contributed by atoms with Crippen LogP contribution < -0.4 is 10.9 Å². The zero-order valence-corrected chi connectivity index (χ0v) is 19.2. The van der Waals surface area contributed by atoms with Crippen molar-refractivity contribution in [3.63, 3.8) is 0 Å². The molecular formula is C26H26N8. The van der Waals surface area contributed by atoms with Crippen LogP contribution in [0.1, 0.15) is 35.4 Å². The molecule has 0 aliphatic carbocycles. The monoisotopic (exact) mass is 450 g/mol. The van der Waals surface area contributed by atoms with Crippen LogP contribution in [0.25, 0.3) is 11.4 Å². The highest BCUT2D eigenvalue weighted by Gasteiger charge is 2.33. The summed E-state index contributed by atoms with van der Waals surface area (Å²) in [5, 5.41) is 18.5. The van der Waals surface area contributed by atoms with Crippen molar-refractivity contribution in [1.29, 1.82) is 0 Å². The van der Waals surface area contributed by atoms with Gasteiger partial charge in [0.05, 0.1) is 58.7 Å². The number of rotatable bonds is 5. The van der Waals surface area contributed by atoms with E-state index in [1.54, 1.807) is 0 Å². The van der Waals surface area contributed by atoms with Crippen LogP contribution in [0, 0.1) is 13.8 Å². The standard InChI is InChI=1S/C26H26N8/c1-17-21(15-27-33(17)19-9-5-3-6-10-19)23-13-25(31-29-23)26-14-24(30-32-26)22-16-28-34(18(22)2)20-11-7-4-8-12-20/h3-12,15-16,25-26,31-32H,13-14H2,1-2H3. The fourth-order valence-electron chi connectivity index (χ4n) is 4.77. The van der Waals surface area contributed by atoms with Crippen molar-refractivity contribution in [2.75, 3.05) is 0 Å². The lowest BCUT2D eigenvalue weighted by molar-refractivity contribution is 0.432. The summed E-state index contributed by atoms with van der Waals surface area (Å²) in [4.78, 5) is 0. The van der Waals surface area contributed by atoms with E-state index >= 15 is 0 Å². The van der Waals surface area contributed by atoms with Crippen molar-refractivity contribution >= 4 is 11.4 Å². The molecule has 0 spiro atoms. The third kappa shape index (κ3) is 3.48. The molecule has 8 heteroatoms. The lowest BCUT2D eigenvalue weighted by Crippen LogP contribution is -2.40. The second-order valence-corrected chi connectivity index (χ2v) is 8.78. The maximum atomic E-state index is 4.66. The largest absolute Gasteiger partial charge is 0.304 e. The van der Waals surface area contributed by atoms with E-state index in [0.29, 0.717) is 0 Å². The maximum Gasteiger partial charge on any atom is 0.0731 e. The smallest absolute Gasteiger partial charge is 0.0731 e. The first-order valence-corrected chi connectivity index (χ1v) is 11.5. The third-order valence-electron chi connectivity index (χ3n) is 6.69. The third-order valence-corrected chi connectivity index (χ3v) is 6.69. The van der Waals surface area contributed by atoms with Crippen molar-refractivity contribution in [2.45, 2.75) is 38.8 Å². The molecule has 0 bridgehead atoms. The number of aromatic nitrogens is 4. The van der Waals surface area contributed by atoms with Gasteiger partial charge >= 0.3 is 0 Å². The van der Waals surface area contributed by atoms with Crippen LogP contribution in [0.5, 0.6) is 0 Å². The molecule has 4 heterocycles. The number of nitrogens with one attached hydrogen (secondary N) is 2. The molecule has 4 aromatic rings. The van der Waals surface area contributed by atoms with E-state index in [2.05, 4.69) is 69.4 Å². The summed E-state index contributed by atoms with van der Waals surface area (Å²) in [6, 6.07) is 20.7. The van der Waals surface area contributed by atoms with Gasteiger partial charge in [0.15, 0.2) is 0 Å². The van der Waals surface area contributed by atoms with E-state index in [9.17, 15) is 0 Å². The number of nitrogens with zero attached hydrogens (tertiary/aromatic N) is 6. The van der Waals surface area contributed by atoms with Crippen molar-refractivity contribution in [1.82, 2.24) is 30.4 Å². The summed E-state index contributed by atoms with van der Waals surface area (Å²) < 4.78 is 3.93. The quantitative estimate of drug-likeness (QED) is 0.487. The molecule has 2 N–H and O–H groups in total. The molecule has 2 aromatic carbocycles. The van der Waals surface area contributed by atoms with Gasteiger partial charge in [0.1, 0.15) is 0 Å². The Bertz CT molecular complexity index is 1270. The first-order chi connectivity index (χ1) is 16.7. The SMILES string of the molecule is Cc1c(C2=NNC(C3CC(c4cnn(-c5ccccc5)c4C)=NN3)C2)cnn1-c1ccccc1. The number of hydrogen-bond acceptors (Lipinski definition) is 6. The molecule has 170 valence electrons. The highest BCUT2D eigenvalue weighted by Crippen LogP contribution is 2.24. The Morgan fingerprint density at radius 1 is 0.647 bits per heavy atom. The molecule has 34 heavy (non-hydrogen) atoms. The molecule has 2 atom stereocenters. The van der Waals surface area contributed by atoms with Crippen LogP contribution in [0.15, 0.2) is 83.3 Å². The normalized spacial score (nSPS) is 19.5. The van der Waals surface area contributed by atoms with Crippen LogP contribution in [0.2, 0.25) is 0 Å². The molecule has 0 saturated carbocycles. The molecule has 0 fully saturated rings. The van der Waals surface area contributed by atoms with Gasteiger partial charge in [-0.25, -0.2) is 9.36 Å². The zero-order valence-electron chi connectivity index (χ0n) is 19.2.